The van der Waals surface area contributed by atoms with Crippen molar-refractivity contribution in [3.63, 3.8) is 0 Å². The molecule has 144 valence electrons. The van der Waals surface area contributed by atoms with Crippen LogP contribution < -0.4 is 4.90 Å². The number of benzene rings is 1. The molecule has 2 atom stereocenters. The lowest BCUT2D eigenvalue weighted by atomic mass is 9.94. The van der Waals surface area contributed by atoms with Crippen molar-refractivity contribution >= 4 is 15.7 Å². The van der Waals surface area contributed by atoms with Gasteiger partial charge in [-0.1, -0.05) is 12.1 Å². The van der Waals surface area contributed by atoms with Gasteiger partial charge in [-0.25, -0.2) is 12.7 Å². The third-order valence-corrected chi connectivity index (χ3v) is 7.17. The van der Waals surface area contributed by atoms with Crippen LogP contribution in [0.1, 0.15) is 18.4 Å². The molecule has 2 unspecified atom stereocenters. The Morgan fingerprint density at radius 2 is 1.92 bits per heavy atom. The molecule has 0 aromatic heterocycles. The van der Waals surface area contributed by atoms with E-state index < -0.39 is 10.0 Å². The van der Waals surface area contributed by atoms with Gasteiger partial charge in [0, 0.05) is 51.0 Å². The number of morpholine rings is 1. The maximum atomic E-state index is 12.0. The zero-order valence-corrected chi connectivity index (χ0v) is 16.3. The second-order valence-corrected chi connectivity index (χ2v) is 9.86. The molecule has 0 spiro atoms. The van der Waals surface area contributed by atoms with Crippen LogP contribution in [0.5, 0.6) is 0 Å². The first-order valence-corrected chi connectivity index (χ1v) is 11.4. The first-order chi connectivity index (χ1) is 12.5. The second kappa shape index (κ2) is 7.46. The smallest absolute Gasteiger partial charge is 0.211 e. The average molecular weight is 380 g/mol. The molecule has 0 radical (unpaired) electrons. The van der Waals surface area contributed by atoms with Crippen molar-refractivity contribution in [3.8, 4) is 0 Å². The van der Waals surface area contributed by atoms with Crippen LogP contribution in [0.4, 0.5) is 5.69 Å². The summed E-state index contributed by atoms with van der Waals surface area (Å²) in [5, 5.41) is 0. The molecular formula is C19H29N3O3S. The third kappa shape index (κ3) is 4.06. The van der Waals surface area contributed by atoms with E-state index >= 15 is 0 Å². The van der Waals surface area contributed by atoms with Gasteiger partial charge >= 0.3 is 0 Å². The molecule has 4 aliphatic rings. The van der Waals surface area contributed by atoms with E-state index in [0.29, 0.717) is 25.0 Å². The van der Waals surface area contributed by atoms with Crippen LogP contribution in [0.25, 0.3) is 0 Å². The zero-order valence-electron chi connectivity index (χ0n) is 15.5. The molecule has 0 N–H and O–H groups in total. The summed E-state index contributed by atoms with van der Waals surface area (Å²) in [5.74, 6) is 0.450. The minimum atomic E-state index is -3.10. The SMILES string of the molecule is CS(=O)(=O)N1CC2CCC(C1)N(Cc1cccc(N3CCOCC3)c1)C2. The molecule has 0 saturated carbocycles. The summed E-state index contributed by atoms with van der Waals surface area (Å²) >= 11 is 0. The number of ether oxygens (including phenoxy) is 1. The van der Waals surface area contributed by atoms with E-state index in [4.69, 9.17) is 4.74 Å². The number of anilines is 1. The van der Waals surface area contributed by atoms with Gasteiger partial charge in [0.15, 0.2) is 0 Å². The molecule has 4 fully saturated rings. The van der Waals surface area contributed by atoms with Crippen LogP contribution >= 0.6 is 0 Å². The van der Waals surface area contributed by atoms with Crippen LogP contribution in [0.3, 0.4) is 0 Å². The second-order valence-electron chi connectivity index (χ2n) is 7.88. The molecule has 5 rings (SSSR count). The van der Waals surface area contributed by atoms with Gasteiger partial charge in [0.2, 0.25) is 10.0 Å². The van der Waals surface area contributed by atoms with E-state index in [-0.39, 0.29) is 0 Å². The Balaban J connectivity index is 1.47. The van der Waals surface area contributed by atoms with Crippen LogP contribution in [0.15, 0.2) is 24.3 Å². The highest BCUT2D eigenvalue weighted by atomic mass is 32.2. The molecule has 4 saturated heterocycles. The van der Waals surface area contributed by atoms with E-state index in [9.17, 15) is 8.42 Å². The number of sulfonamides is 1. The normalized spacial score (nSPS) is 28.3. The molecule has 1 aromatic rings. The van der Waals surface area contributed by atoms with Crippen molar-refractivity contribution in [3.05, 3.63) is 29.8 Å². The summed E-state index contributed by atoms with van der Waals surface area (Å²) in [7, 11) is -3.10. The molecule has 26 heavy (non-hydrogen) atoms. The van der Waals surface area contributed by atoms with E-state index in [0.717, 1.165) is 52.2 Å². The van der Waals surface area contributed by atoms with Gasteiger partial charge in [-0.3, -0.25) is 4.90 Å². The summed E-state index contributed by atoms with van der Waals surface area (Å²) < 4.78 is 31.2. The Labute approximate surface area is 156 Å². The number of piperidine rings is 1. The Morgan fingerprint density at radius 3 is 2.69 bits per heavy atom. The van der Waals surface area contributed by atoms with Crippen molar-refractivity contribution in [1.82, 2.24) is 9.21 Å². The van der Waals surface area contributed by atoms with Crippen molar-refractivity contribution in [2.24, 2.45) is 5.92 Å². The van der Waals surface area contributed by atoms with Gasteiger partial charge in [0.05, 0.1) is 19.5 Å². The predicted octanol–water partition coefficient (Wildman–Crippen LogP) is 1.38. The zero-order chi connectivity index (χ0) is 18.1. The van der Waals surface area contributed by atoms with Gasteiger partial charge in [0.25, 0.3) is 0 Å². The lowest BCUT2D eigenvalue weighted by molar-refractivity contribution is 0.122. The molecule has 7 heteroatoms. The largest absolute Gasteiger partial charge is 0.378 e. The Bertz CT molecular complexity index is 733. The third-order valence-electron chi connectivity index (χ3n) is 5.93. The van der Waals surface area contributed by atoms with Gasteiger partial charge in [-0.2, -0.15) is 0 Å². The van der Waals surface area contributed by atoms with Crippen LogP contribution in [0, 0.1) is 5.92 Å². The highest BCUT2D eigenvalue weighted by Crippen LogP contribution is 2.30. The highest BCUT2D eigenvalue weighted by Gasteiger charge is 2.37. The molecule has 6 nitrogen and oxygen atoms in total. The van der Waals surface area contributed by atoms with Crippen molar-refractivity contribution in [1.29, 1.82) is 0 Å². The van der Waals surface area contributed by atoms with Gasteiger partial charge in [-0.15, -0.1) is 0 Å². The fourth-order valence-electron chi connectivity index (χ4n) is 4.51. The first-order valence-electron chi connectivity index (χ1n) is 9.60. The van der Waals surface area contributed by atoms with E-state index in [2.05, 4.69) is 34.1 Å². The summed E-state index contributed by atoms with van der Waals surface area (Å²) in [6.07, 6.45) is 3.58. The molecule has 1 aromatic carbocycles. The van der Waals surface area contributed by atoms with Gasteiger partial charge < -0.3 is 9.64 Å². The Morgan fingerprint density at radius 1 is 1.12 bits per heavy atom. The van der Waals surface area contributed by atoms with Crippen LogP contribution in [-0.4, -0.2) is 75.9 Å². The summed E-state index contributed by atoms with van der Waals surface area (Å²) in [4.78, 5) is 4.88. The van der Waals surface area contributed by atoms with Gasteiger partial charge in [0.1, 0.15) is 0 Å². The fraction of sp³-hybridized carbons (Fsp3) is 0.684. The average Bonchev–Trinajstić information content (AvgIpc) is 2.95. The summed E-state index contributed by atoms with van der Waals surface area (Å²) in [5.41, 5.74) is 2.58. The standard InChI is InChI=1S/C19H29N3O3S/c1-26(23,24)22-14-17-5-6-19(15-22)21(13-17)12-16-3-2-4-18(11-16)20-7-9-25-10-8-20/h2-4,11,17,19H,5-10,12-15H2,1H3. The van der Waals surface area contributed by atoms with Crippen molar-refractivity contribution in [2.75, 3.05) is 57.1 Å². The van der Waals surface area contributed by atoms with E-state index in [1.54, 1.807) is 4.31 Å². The molecule has 4 heterocycles. The Hall–Kier alpha value is -1.15. The lowest BCUT2D eigenvalue weighted by Crippen LogP contribution is -2.43. The molecular weight excluding hydrogens is 350 g/mol. The number of fused-ring (bicyclic) bond motifs is 4. The molecule has 0 amide bonds. The number of rotatable bonds is 4. The minimum absolute atomic E-state index is 0.329. The first kappa shape index (κ1) is 18.2. The van der Waals surface area contributed by atoms with Crippen molar-refractivity contribution < 1.29 is 13.2 Å². The van der Waals surface area contributed by atoms with E-state index in [1.807, 2.05) is 0 Å². The fourth-order valence-corrected chi connectivity index (χ4v) is 5.43. The quantitative estimate of drug-likeness (QED) is 0.791. The number of hydrogen-bond donors (Lipinski definition) is 0. The monoisotopic (exact) mass is 379 g/mol. The van der Waals surface area contributed by atoms with Gasteiger partial charge in [-0.05, 0) is 36.5 Å². The minimum Gasteiger partial charge on any atom is -0.378 e. The lowest BCUT2D eigenvalue weighted by Gasteiger charge is -2.36. The molecule has 4 aliphatic heterocycles. The number of hydrogen-bond acceptors (Lipinski definition) is 5. The number of nitrogens with zero attached hydrogens (tertiary/aromatic N) is 3. The van der Waals surface area contributed by atoms with Crippen LogP contribution in [0.2, 0.25) is 0 Å². The maximum Gasteiger partial charge on any atom is 0.211 e. The maximum absolute atomic E-state index is 12.0. The topological polar surface area (TPSA) is 53.1 Å². The summed E-state index contributed by atoms with van der Waals surface area (Å²) in [6, 6.07) is 9.12. The van der Waals surface area contributed by atoms with E-state index in [1.165, 1.54) is 17.5 Å². The Kier molecular flexibility index (Phi) is 5.23. The summed E-state index contributed by atoms with van der Waals surface area (Å²) in [6.45, 7) is 6.69. The molecule has 2 bridgehead atoms. The molecule has 0 aliphatic carbocycles. The predicted molar refractivity (Wildman–Crippen MR) is 103 cm³/mol. The highest BCUT2D eigenvalue weighted by molar-refractivity contribution is 7.88. The van der Waals surface area contributed by atoms with Crippen molar-refractivity contribution in [2.45, 2.75) is 25.4 Å². The van der Waals surface area contributed by atoms with Crippen LogP contribution in [-0.2, 0) is 21.3 Å².